The standard InChI is InChI=1S/C17H19F2N/c1-11-6-13(3)15(7-12(11)2)10-20-9-14-4-5-16(18)17(19)8-14/h4-8,20H,9-10H2,1-3H3. The van der Waals surface area contributed by atoms with E-state index in [0.29, 0.717) is 13.1 Å². The van der Waals surface area contributed by atoms with Crippen LogP contribution in [0.4, 0.5) is 8.78 Å². The van der Waals surface area contributed by atoms with E-state index in [2.05, 4.69) is 38.2 Å². The fourth-order valence-electron chi connectivity index (χ4n) is 2.20. The fraction of sp³-hybridized carbons (Fsp3) is 0.294. The van der Waals surface area contributed by atoms with Gasteiger partial charge in [-0.05, 0) is 60.7 Å². The van der Waals surface area contributed by atoms with Gasteiger partial charge < -0.3 is 5.32 Å². The van der Waals surface area contributed by atoms with E-state index in [9.17, 15) is 8.78 Å². The molecular formula is C17H19F2N. The third kappa shape index (κ3) is 3.42. The summed E-state index contributed by atoms with van der Waals surface area (Å²) in [7, 11) is 0. The maximum absolute atomic E-state index is 13.1. The van der Waals surface area contributed by atoms with Gasteiger partial charge in [-0.25, -0.2) is 8.78 Å². The Morgan fingerprint density at radius 3 is 2.20 bits per heavy atom. The third-order valence-electron chi connectivity index (χ3n) is 3.58. The van der Waals surface area contributed by atoms with Crippen LogP contribution >= 0.6 is 0 Å². The summed E-state index contributed by atoms with van der Waals surface area (Å²) in [5, 5.41) is 3.26. The van der Waals surface area contributed by atoms with Crippen molar-refractivity contribution in [2.75, 3.05) is 0 Å². The highest BCUT2D eigenvalue weighted by Crippen LogP contribution is 2.15. The van der Waals surface area contributed by atoms with Crippen molar-refractivity contribution in [2.45, 2.75) is 33.9 Å². The second kappa shape index (κ2) is 6.14. The van der Waals surface area contributed by atoms with Crippen molar-refractivity contribution in [2.24, 2.45) is 0 Å². The van der Waals surface area contributed by atoms with Crippen LogP contribution in [0.25, 0.3) is 0 Å². The molecule has 3 heteroatoms. The topological polar surface area (TPSA) is 12.0 Å². The molecule has 0 spiro atoms. The molecule has 0 heterocycles. The van der Waals surface area contributed by atoms with E-state index in [1.165, 1.54) is 28.3 Å². The summed E-state index contributed by atoms with van der Waals surface area (Å²) in [6.07, 6.45) is 0. The number of nitrogens with one attached hydrogen (secondary N) is 1. The first kappa shape index (κ1) is 14.7. The molecule has 2 rings (SSSR count). The lowest BCUT2D eigenvalue weighted by Gasteiger charge is -2.11. The van der Waals surface area contributed by atoms with Gasteiger partial charge in [0.05, 0.1) is 0 Å². The molecule has 0 aromatic heterocycles. The average Bonchev–Trinajstić information content (AvgIpc) is 2.39. The number of aryl methyl sites for hydroxylation is 3. The maximum atomic E-state index is 13.1. The van der Waals surface area contributed by atoms with Crippen molar-refractivity contribution < 1.29 is 8.78 Å². The summed E-state index contributed by atoms with van der Waals surface area (Å²) in [5.41, 5.74) is 5.76. The minimum Gasteiger partial charge on any atom is -0.309 e. The summed E-state index contributed by atoms with van der Waals surface area (Å²) < 4.78 is 25.9. The Balaban J connectivity index is 1.99. The summed E-state index contributed by atoms with van der Waals surface area (Å²) >= 11 is 0. The normalized spacial score (nSPS) is 10.8. The van der Waals surface area contributed by atoms with Crippen LogP contribution in [-0.2, 0) is 13.1 Å². The molecule has 2 aromatic carbocycles. The molecule has 0 amide bonds. The SMILES string of the molecule is Cc1cc(C)c(CNCc2ccc(F)c(F)c2)cc1C. The van der Waals surface area contributed by atoms with Crippen LogP contribution in [0.1, 0.15) is 27.8 Å². The molecule has 0 fully saturated rings. The lowest BCUT2D eigenvalue weighted by Crippen LogP contribution is -2.14. The number of rotatable bonds is 4. The molecule has 0 atom stereocenters. The Labute approximate surface area is 118 Å². The van der Waals surface area contributed by atoms with E-state index in [-0.39, 0.29) is 0 Å². The van der Waals surface area contributed by atoms with E-state index < -0.39 is 11.6 Å². The molecule has 0 saturated heterocycles. The van der Waals surface area contributed by atoms with E-state index in [1.807, 2.05) is 0 Å². The van der Waals surface area contributed by atoms with Gasteiger partial charge >= 0.3 is 0 Å². The van der Waals surface area contributed by atoms with Crippen molar-refractivity contribution in [3.63, 3.8) is 0 Å². The highest BCUT2D eigenvalue weighted by Gasteiger charge is 2.04. The largest absolute Gasteiger partial charge is 0.309 e. The first-order chi connectivity index (χ1) is 9.47. The van der Waals surface area contributed by atoms with Gasteiger partial charge in [0.15, 0.2) is 11.6 Å². The molecule has 0 aliphatic rings. The fourth-order valence-corrected chi connectivity index (χ4v) is 2.20. The van der Waals surface area contributed by atoms with Crippen LogP contribution in [0.15, 0.2) is 30.3 Å². The number of hydrogen-bond donors (Lipinski definition) is 1. The van der Waals surface area contributed by atoms with Gasteiger partial charge in [-0.1, -0.05) is 18.2 Å². The van der Waals surface area contributed by atoms with Crippen molar-refractivity contribution in [1.29, 1.82) is 0 Å². The van der Waals surface area contributed by atoms with Crippen LogP contribution in [-0.4, -0.2) is 0 Å². The lowest BCUT2D eigenvalue weighted by atomic mass is 10.0. The van der Waals surface area contributed by atoms with Crippen molar-refractivity contribution in [3.05, 3.63) is 69.8 Å². The van der Waals surface area contributed by atoms with Crippen LogP contribution < -0.4 is 5.32 Å². The van der Waals surface area contributed by atoms with Crippen LogP contribution in [0.3, 0.4) is 0 Å². The van der Waals surface area contributed by atoms with Gasteiger partial charge in [0.25, 0.3) is 0 Å². The predicted octanol–water partition coefficient (Wildman–Crippen LogP) is 4.18. The van der Waals surface area contributed by atoms with Gasteiger partial charge in [0.1, 0.15) is 0 Å². The Morgan fingerprint density at radius 2 is 1.50 bits per heavy atom. The second-order valence-corrected chi connectivity index (χ2v) is 5.21. The molecule has 1 N–H and O–H groups in total. The highest BCUT2D eigenvalue weighted by molar-refractivity contribution is 5.36. The Hall–Kier alpha value is -1.74. The minimum atomic E-state index is -0.807. The highest BCUT2D eigenvalue weighted by atomic mass is 19.2. The molecule has 2 aromatic rings. The first-order valence-electron chi connectivity index (χ1n) is 6.68. The van der Waals surface area contributed by atoms with E-state index in [1.54, 1.807) is 6.07 Å². The average molecular weight is 275 g/mol. The molecular weight excluding hydrogens is 256 g/mol. The van der Waals surface area contributed by atoms with Crippen LogP contribution in [0.5, 0.6) is 0 Å². The summed E-state index contributed by atoms with van der Waals surface area (Å²) in [6, 6.07) is 8.33. The molecule has 0 saturated carbocycles. The Morgan fingerprint density at radius 1 is 0.800 bits per heavy atom. The van der Waals surface area contributed by atoms with E-state index in [0.717, 1.165) is 11.6 Å². The Kier molecular flexibility index (Phi) is 4.50. The van der Waals surface area contributed by atoms with Crippen molar-refractivity contribution in [3.8, 4) is 0 Å². The van der Waals surface area contributed by atoms with Gasteiger partial charge in [0.2, 0.25) is 0 Å². The van der Waals surface area contributed by atoms with Gasteiger partial charge in [-0.15, -0.1) is 0 Å². The lowest BCUT2D eigenvalue weighted by molar-refractivity contribution is 0.506. The van der Waals surface area contributed by atoms with E-state index in [4.69, 9.17) is 0 Å². The monoisotopic (exact) mass is 275 g/mol. The molecule has 106 valence electrons. The van der Waals surface area contributed by atoms with Crippen molar-refractivity contribution in [1.82, 2.24) is 5.32 Å². The maximum Gasteiger partial charge on any atom is 0.159 e. The summed E-state index contributed by atoms with van der Waals surface area (Å²) in [6.45, 7) is 7.50. The predicted molar refractivity (Wildman–Crippen MR) is 77.6 cm³/mol. The van der Waals surface area contributed by atoms with Gasteiger partial charge in [0, 0.05) is 13.1 Å². The molecule has 0 bridgehead atoms. The molecule has 1 nitrogen and oxygen atoms in total. The van der Waals surface area contributed by atoms with Gasteiger partial charge in [-0.3, -0.25) is 0 Å². The number of hydrogen-bond acceptors (Lipinski definition) is 1. The zero-order valence-electron chi connectivity index (χ0n) is 12.1. The summed E-state index contributed by atoms with van der Waals surface area (Å²) in [4.78, 5) is 0. The smallest absolute Gasteiger partial charge is 0.159 e. The van der Waals surface area contributed by atoms with Crippen molar-refractivity contribution >= 4 is 0 Å². The zero-order chi connectivity index (χ0) is 14.7. The first-order valence-corrected chi connectivity index (χ1v) is 6.68. The van der Waals surface area contributed by atoms with Crippen LogP contribution in [0.2, 0.25) is 0 Å². The number of halogens is 2. The molecule has 0 aliphatic carbocycles. The van der Waals surface area contributed by atoms with Crippen LogP contribution in [0, 0.1) is 32.4 Å². The van der Waals surface area contributed by atoms with E-state index >= 15 is 0 Å². The summed E-state index contributed by atoms with van der Waals surface area (Å²) in [5.74, 6) is -1.61. The second-order valence-electron chi connectivity index (χ2n) is 5.21. The molecule has 0 radical (unpaired) electrons. The molecule has 0 unspecified atom stereocenters. The quantitative estimate of drug-likeness (QED) is 0.882. The Bertz CT molecular complexity index is 621. The number of benzene rings is 2. The molecule has 0 aliphatic heterocycles. The molecule has 20 heavy (non-hydrogen) atoms. The zero-order valence-corrected chi connectivity index (χ0v) is 12.1. The minimum absolute atomic E-state index is 0.517. The third-order valence-corrected chi connectivity index (χ3v) is 3.58. The van der Waals surface area contributed by atoms with Gasteiger partial charge in [-0.2, -0.15) is 0 Å².